The third-order valence-corrected chi connectivity index (χ3v) is 3.24. The summed E-state index contributed by atoms with van der Waals surface area (Å²) < 4.78 is 4.97. The van der Waals surface area contributed by atoms with Gasteiger partial charge >= 0.3 is 0 Å². The molecule has 2 aromatic rings. The van der Waals surface area contributed by atoms with Gasteiger partial charge in [0.1, 0.15) is 5.01 Å². The van der Waals surface area contributed by atoms with Crippen molar-refractivity contribution in [3.05, 3.63) is 35.5 Å². The Morgan fingerprint density at radius 1 is 1.35 bits per heavy atom. The summed E-state index contributed by atoms with van der Waals surface area (Å²) in [5.74, 6) is 0. The highest BCUT2D eigenvalue weighted by molar-refractivity contribution is 7.14. The standard InChI is InChI=1S/C12H15N3OS/c1-16-7-6-13-8-10-9-15-12(17-10)11-4-2-3-5-14-11/h2-5,9,13H,6-8H2,1H3. The second-order valence-corrected chi connectivity index (χ2v) is 4.63. The van der Waals surface area contributed by atoms with Gasteiger partial charge < -0.3 is 10.1 Å². The van der Waals surface area contributed by atoms with Crippen LogP contribution in [0.15, 0.2) is 30.6 Å². The van der Waals surface area contributed by atoms with Gasteiger partial charge in [-0.3, -0.25) is 4.98 Å². The number of rotatable bonds is 6. The molecule has 0 saturated carbocycles. The predicted octanol–water partition coefficient (Wildman–Crippen LogP) is 1.94. The van der Waals surface area contributed by atoms with Crippen molar-refractivity contribution in [2.75, 3.05) is 20.3 Å². The number of nitrogens with one attached hydrogen (secondary N) is 1. The molecule has 0 aliphatic carbocycles. The van der Waals surface area contributed by atoms with Crippen LogP contribution >= 0.6 is 11.3 Å². The van der Waals surface area contributed by atoms with E-state index in [-0.39, 0.29) is 0 Å². The molecule has 0 unspecified atom stereocenters. The fourth-order valence-corrected chi connectivity index (χ4v) is 2.24. The van der Waals surface area contributed by atoms with Crippen LogP contribution in [0.3, 0.4) is 0 Å². The first-order valence-electron chi connectivity index (χ1n) is 5.46. The lowest BCUT2D eigenvalue weighted by atomic mass is 10.4. The van der Waals surface area contributed by atoms with Gasteiger partial charge in [-0.05, 0) is 12.1 Å². The van der Waals surface area contributed by atoms with Crippen molar-refractivity contribution in [3.63, 3.8) is 0 Å². The van der Waals surface area contributed by atoms with E-state index >= 15 is 0 Å². The minimum absolute atomic E-state index is 0.728. The zero-order chi connectivity index (χ0) is 11.9. The molecular formula is C12H15N3OS. The summed E-state index contributed by atoms with van der Waals surface area (Å²) in [7, 11) is 1.70. The molecule has 5 heteroatoms. The summed E-state index contributed by atoms with van der Waals surface area (Å²) in [6.45, 7) is 2.41. The van der Waals surface area contributed by atoms with Crippen LogP contribution in [0.5, 0.6) is 0 Å². The fourth-order valence-electron chi connectivity index (χ4n) is 1.38. The molecule has 90 valence electrons. The lowest BCUT2D eigenvalue weighted by molar-refractivity contribution is 0.199. The maximum Gasteiger partial charge on any atom is 0.142 e. The molecule has 0 spiro atoms. The largest absolute Gasteiger partial charge is 0.383 e. The SMILES string of the molecule is COCCNCc1cnc(-c2ccccn2)s1. The molecule has 0 bridgehead atoms. The van der Waals surface area contributed by atoms with Gasteiger partial charge in [-0.2, -0.15) is 0 Å². The highest BCUT2D eigenvalue weighted by Crippen LogP contribution is 2.22. The van der Waals surface area contributed by atoms with E-state index in [9.17, 15) is 0 Å². The summed E-state index contributed by atoms with van der Waals surface area (Å²) in [5.41, 5.74) is 0.931. The molecule has 2 heterocycles. The third kappa shape index (κ3) is 3.59. The highest BCUT2D eigenvalue weighted by Gasteiger charge is 2.04. The fraction of sp³-hybridized carbons (Fsp3) is 0.333. The highest BCUT2D eigenvalue weighted by atomic mass is 32.1. The Hall–Kier alpha value is -1.30. The van der Waals surface area contributed by atoms with Crippen molar-refractivity contribution in [1.82, 2.24) is 15.3 Å². The summed E-state index contributed by atoms with van der Waals surface area (Å²) in [6, 6.07) is 5.85. The van der Waals surface area contributed by atoms with Gasteiger partial charge in [-0.15, -0.1) is 11.3 Å². The van der Waals surface area contributed by atoms with E-state index in [1.54, 1.807) is 24.6 Å². The minimum atomic E-state index is 0.728. The van der Waals surface area contributed by atoms with Crippen LogP contribution in [-0.4, -0.2) is 30.2 Å². The average molecular weight is 249 g/mol. The molecule has 0 aromatic carbocycles. The Kier molecular flexibility index (Phi) is 4.61. The normalized spacial score (nSPS) is 10.6. The number of nitrogens with zero attached hydrogens (tertiary/aromatic N) is 2. The minimum Gasteiger partial charge on any atom is -0.383 e. The van der Waals surface area contributed by atoms with Crippen LogP contribution in [-0.2, 0) is 11.3 Å². The molecule has 2 aromatic heterocycles. The molecule has 0 aliphatic rings. The molecule has 4 nitrogen and oxygen atoms in total. The van der Waals surface area contributed by atoms with E-state index in [2.05, 4.69) is 15.3 Å². The van der Waals surface area contributed by atoms with Gasteiger partial charge in [0.15, 0.2) is 0 Å². The van der Waals surface area contributed by atoms with Gasteiger partial charge in [-0.25, -0.2) is 4.98 Å². The first-order valence-corrected chi connectivity index (χ1v) is 6.27. The number of hydrogen-bond donors (Lipinski definition) is 1. The number of ether oxygens (including phenoxy) is 1. The van der Waals surface area contributed by atoms with E-state index in [0.29, 0.717) is 0 Å². The van der Waals surface area contributed by atoms with E-state index in [1.807, 2.05) is 24.4 Å². The molecule has 0 atom stereocenters. The number of thiazole rings is 1. The van der Waals surface area contributed by atoms with Crippen LogP contribution in [0.25, 0.3) is 10.7 Å². The Balaban J connectivity index is 1.92. The van der Waals surface area contributed by atoms with Gasteiger partial charge in [0.2, 0.25) is 0 Å². The zero-order valence-corrected chi connectivity index (χ0v) is 10.5. The monoisotopic (exact) mass is 249 g/mol. The third-order valence-electron chi connectivity index (χ3n) is 2.22. The number of methoxy groups -OCH3 is 1. The Labute approximate surface area is 105 Å². The van der Waals surface area contributed by atoms with Crippen molar-refractivity contribution in [2.45, 2.75) is 6.54 Å². The Morgan fingerprint density at radius 2 is 2.29 bits per heavy atom. The molecule has 0 radical (unpaired) electrons. The van der Waals surface area contributed by atoms with Crippen LogP contribution in [0.1, 0.15) is 4.88 Å². The quantitative estimate of drug-likeness (QED) is 0.795. The topological polar surface area (TPSA) is 47.0 Å². The van der Waals surface area contributed by atoms with Crippen LogP contribution in [0, 0.1) is 0 Å². The zero-order valence-electron chi connectivity index (χ0n) is 9.72. The second-order valence-electron chi connectivity index (χ2n) is 3.52. The Morgan fingerprint density at radius 3 is 3.06 bits per heavy atom. The van der Waals surface area contributed by atoms with Gasteiger partial charge in [0.05, 0.1) is 12.3 Å². The number of aromatic nitrogens is 2. The summed E-state index contributed by atoms with van der Waals surface area (Å²) in [5, 5.41) is 4.26. The Bertz CT molecular complexity index is 444. The molecule has 17 heavy (non-hydrogen) atoms. The average Bonchev–Trinajstić information content (AvgIpc) is 2.85. The molecule has 0 amide bonds. The number of hydrogen-bond acceptors (Lipinski definition) is 5. The van der Waals surface area contributed by atoms with E-state index in [4.69, 9.17) is 4.74 Å². The smallest absolute Gasteiger partial charge is 0.142 e. The van der Waals surface area contributed by atoms with Gasteiger partial charge in [-0.1, -0.05) is 6.07 Å². The number of pyridine rings is 1. The van der Waals surface area contributed by atoms with Crippen LogP contribution in [0.4, 0.5) is 0 Å². The summed E-state index contributed by atoms with van der Waals surface area (Å²) >= 11 is 1.67. The first kappa shape index (κ1) is 12.2. The van der Waals surface area contributed by atoms with Crippen LogP contribution < -0.4 is 5.32 Å². The lowest BCUT2D eigenvalue weighted by Crippen LogP contribution is -2.17. The summed E-state index contributed by atoms with van der Waals surface area (Å²) in [4.78, 5) is 9.86. The first-order chi connectivity index (χ1) is 8.40. The maximum absolute atomic E-state index is 4.97. The van der Waals surface area contributed by atoms with Crippen molar-refractivity contribution < 1.29 is 4.74 Å². The molecule has 0 aliphatic heterocycles. The van der Waals surface area contributed by atoms with Gasteiger partial charge in [0.25, 0.3) is 0 Å². The predicted molar refractivity (Wildman–Crippen MR) is 68.9 cm³/mol. The lowest BCUT2D eigenvalue weighted by Gasteiger charge is -2.00. The van der Waals surface area contributed by atoms with E-state index in [0.717, 1.165) is 30.4 Å². The van der Waals surface area contributed by atoms with Crippen molar-refractivity contribution in [1.29, 1.82) is 0 Å². The van der Waals surface area contributed by atoms with Crippen molar-refractivity contribution in [3.8, 4) is 10.7 Å². The molecule has 0 fully saturated rings. The van der Waals surface area contributed by atoms with Gasteiger partial charge in [0, 0.05) is 37.5 Å². The molecule has 1 N–H and O–H groups in total. The van der Waals surface area contributed by atoms with E-state index in [1.165, 1.54) is 4.88 Å². The molecule has 0 saturated heterocycles. The van der Waals surface area contributed by atoms with E-state index < -0.39 is 0 Å². The molecule has 2 rings (SSSR count). The molecular weight excluding hydrogens is 234 g/mol. The van der Waals surface area contributed by atoms with Crippen molar-refractivity contribution >= 4 is 11.3 Å². The maximum atomic E-state index is 4.97. The second kappa shape index (κ2) is 6.44. The van der Waals surface area contributed by atoms with Crippen LogP contribution in [0.2, 0.25) is 0 Å². The summed E-state index contributed by atoms with van der Waals surface area (Å²) in [6.07, 6.45) is 3.68. The van der Waals surface area contributed by atoms with Crippen molar-refractivity contribution in [2.24, 2.45) is 0 Å².